The molecule has 2 fully saturated rings. The van der Waals surface area contributed by atoms with Gasteiger partial charge in [-0.3, -0.25) is 9.59 Å². The third-order valence-corrected chi connectivity index (χ3v) is 9.18. The van der Waals surface area contributed by atoms with E-state index in [0.29, 0.717) is 60.9 Å². The Morgan fingerprint density at radius 3 is 2.72 bits per heavy atom. The number of rotatable bonds is 7. The maximum absolute atomic E-state index is 13.9. The van der Waals surface area contributed by atoms with Crippen LogP contribution in [0.4, 0.5) is 0 Å². The highest BCUT2D eigenvalue weighted by atomic mass is 32.2. The van der Waals surface area contributed by atoms with E-state index >= 15 is 0 Å². The molecule has 1 N–H and O–H groups in total. The molecule has 2 aliphatic rings. The van der Waals surface area contributed by atoms with Crippen LogP contribution in [0.25, 0.3) is 16.9 Å². The quantitative estimate of drug-likeness (QED) is 0.463. The van der Waals surface area contributed by atoms with Crippen LogP contribution in [0.3, 0.4) is 0 Å². The summed E-state index contributed by atoms with van der Waals surface area (Å²) >= 11 is 0. The molecular weight excluding hydrogens is 524 g/mol. The molecule has 0 saturated carbocycles. The van der Waals surface area contributed by atoms with Gasteiger partial charge in [0.05, 0.1) is 35.9 Å². The first-order valence-electron chi connectivity index (χ1n) is 13.2. The first kappa shape index (κ1) is 27.3. The van der Waals surface area contributed by atoms with E-state index in [-0.39, 0.29) is 41.9 Å². The van der Waals surface area contributed by atoms with Gasteiger partial charge in [-0.15, -0.1) is 5.10 Å². The molecule has 0 aliphatic carbocycles. The number of likely N-dealkylation sites (tertiary alicyclic amines) is 1. The third-order valence-electron chi connectivity index (χ3n) is 7.34. The van der Waals surface area contributed by atoms with Crippen LogP contribution < -0.4 is 10.3 Å². The number of hydrogen-bond acceptors (Lipinski definition) is 8. The van der Waals surface area contributed by atoms with Gasteiger partial charge in [0.2, 0.25) is 15.9 Å². The molecule has 0 bridgehead atoms. The minimum Gasteiger partial charge on any atom is -0.493 e. The maximum Gasteiger partial charge on any atom is 0.277 e. The molecule has 2 aromatic heterocycles. The third kappa shape index (κ3) is 4.94. The Balaban J connectivity index is 1.55. The predicted molar refractivity (Wildman–Crippen MR) is 143 cm³/mol. The first-order chi connectivity index (χ1) is 18.6. The summed E-state index contributed by atoms with van der Waals surface area (Å²) in [5, 5.41) is 4.66. The summed E-state index contributed by atoms with van der Waals surface area (Å²) in [6.45, 7) is 8.93. The molecule has 12 nitrogen and oxygen atoms in total. The summed E-state index contributed by atoms with van der Waals surface area (Å²) in [6.07, 6.45) is 2.03. The van der Waals surface area contributed by atoms with Crippen molar-refractivity contribution in [1.82, 2.24) is 28.8 Å². The molecule has 2 aliphatic heterocycles. The number of aryl methyl sites for hydroxylation is 2. The van der Waals surface area contributed by atoms with E-state index in [4.69, 9.17) is 9.47 Å². The fraction of sp³-hybridized carbons (Fsp3) is 0.538. The number of sulfonamides is 1. The summed E-state index contributed by atoms with van der Waals surface area (Å²) in [5.41, 5.74) is 0.208. The number of nitrogens with one attached hydrogen (secondary N) is 1. The molecule has 1 unspecified atom stereocenters. The van der Waals surface area contributed by atoms with Gasteiger partial charge in [-0.1, -0.05) is 6.92 Å². The molecule has 1 aromatic carbocycles. The number of aromatic amines is 1. The van der Waals surface area contributed by atoms with Crippen LogP contribution in [0.2, 0.25) is 0 Å². The number of amides is 1. The molecule has 39 heavy (non-hydrogen) atoms. The monoisotopic (exact) mass is 558 g/mol. The molecule has 1 atom stereocenters. The second-order valence-electron chi connectivity index (χ2n) is 10.1. The number of morpholine rings is 1. The van der Waals surface area contributed by atoms with Crippen molar-refractivity contribution in [2.24, 2.45) is 0 Å². The standard InChI is InChI=1S/C26H34N6O6S/c1-5-7-22-27-17(3)23-25(34)28-24(29-32(22)23)20-14-19(8-9-21(20)37-6-2)39(35,36)31-12-13-38-26(16-31)10-11-30(15-26)18(4)33/h8-9,14H,5-7,10-13,15-16H2,1-4H3,(H,28,29,34). The Morgan fingerprint density at radius 2 is 2.03 bits per heavy atom. The molecule has 3 aromatic rings. The van der Waals surface area contributed by atoms with Crippen molar-refractivity contribution >= 4 is 21.4 Å². The molecule has 4 heterocycles. The van der Waals surface area contributed by atoms with Gasteiger partial charge in [-0.05, 0) is 44.9 Å². The number of carbonyl (C=O) groups is 1. The fourth-order valence-electron chi connectivity index (χ4n) is 5.40. The minimum atomic E-state index is -3.94. The number of ether oxygens (including phenoxy) is 2. The van der Waals surface area contributed by atoms with Crippen molar-refractivity contribution in [2.45, 2.75) is 57.5 Å². The van der Waals surface area contributed by atoms with E-state index in [1.165, 1.54) is 27.9 Å². The molecular formula is C26H34N6O6S. The zero-order chi connectivity index (χ0) is 27.9. The van der Waals surface area contributed by atoms with Gasteiger partial charge >= 0.3 is 0 Å². The van der Waals surface area contributed by atoms with Crippen molar-refractivity contribution in [2.75, 3.05) is 39.4 Å². The van der Waals surface area contributed by atoms with Gasteiger partial charge in [0.25, 0.3) is 5.56 Å². The Labute approximate surface area is 227 Å². The fourth-order valence-corrected chi connectivity index (χ4v) is 6.93. The summed E-state index contributed by atoms with van der Waals surface area (Å²) < 4.78 is 42.5. The highest BCUT2D eigenvalue weighted by molar-refractivity contribution is 7.89. The van der Waals surface area contributed by atoms with Crippen LogP contribution >= 0.6 is 0 Å². The number of nitrogens with zero attached hydrogens (tertiary/aromatic N) is 5. The lowest BCUT2D eigenvalue weighted by Gasteiger charge is -2.39. The van der Waals surface area contributed by atoms with Crippen LogP contribution in [-0.2, 0) is 26.0 Å². The van der Waals surface area contributed by atoms with Gasteiger partial charge in [0.15, 0.2) is 11.3 Å². The van der Waals surface area contributed by atoms with E-state index < -0.39 is 15.6 Å². The van der Waals surface area contributed by atoms with Crippen molar-refractivity contribution < 1.29 is 22.7 Å². The number of hydrogen-bond donors (Lipinski definition) is 1. The highest BCUT2D eigenvalue weighted by Crippen LogP contribution is 2.35. The van der Waals surface area contributed by atoms with E-state index in [1.54, 1.807) is 17.9 Å². The number of carbonyl (C=O) groups excluding carboxylic acids is 1. The molecule has 1 spiro atoms. The Bertz CT molecular complexity index is 1580. The highest BCUT2D eigenvalue weighted by Gasteiger charge is 2.46. The molecule has 2 saturated heterocycles. The van der Waals surface area contributed by atoms with E-state index in [0.717, 1.165) is 6.42 Å². The zero-order valence-corrected chi connectivity index (χ0v) is 23.5. The van der Waals surface area contributed by atoms with Crippen LogP contribution in [0, 0.1) is 6.92 Å². The number of benzene rings is 1. The second kappa shape index (κ2) is 10.4. The summed E-state index contributed by atoms with van der Waals surface area (Å²) in [4.78, 5) is 34.0. The number of imidazole rings is 1. The molecule has 210 valence electrons. The Morgan fingerprint density at radius 1 is 1.23 bits per heavy atom. The number of fused-ring (bicyclic) bond motifs is 1. The normalized spacial score (nSPS) is 20.3. The average Bonchev–Trinajstić information content (AvgIpc) is 3.45. The summed E-state index contributed by atoms with van der Waals surface area (Å²) in [7, 11) is -3.94. The van der Waals surface area contributed by atoms with Crippen LogP contribution in [0.1, 0.15) is 45.1 Å². The molecule has 0 radical (unpaired) electrons. The van der Waals surface area contributed by atoms with E-state index in [1.807, 2.05) is 13.8 Å². The SMILES string of the molecule is CCCc1nc(C)c2c(=O)[nH]c(-c3cc(S(=O)(=O)N4CCOC5(CCN(C(C)=O)C5)C4)ccc3OCC)nn12. The largest absolute Gasteiger partial charge is 0.493 e. The topological polar surface area (TPSA) is 139 Å². The summed E-state index contributed by atoms with van der Waals surface area (Å²) in [5.74, 6) is 1.20. The van der Waals surface area contributed by atoms with Crippen LogP contribution in [0.15, 0.2) is 27.9 Å². The minimum absolute atomic E-state index is 0.0535. The van der Waals surface area contributed by atoms with E-state index in [2.05, 4.69) is 15.1 Å². The number of aromatic nitrogens is 4. The lowest BCUT2D eigenvalue weighted by atomic mass is 10.0. The first-order valence-corrected chi connectivity index (χ1v) is 14.7. The zero-order valence-electron chi connectivity index (χ0n) is 22.7. The van der Waals surface area contributed by atoms with Gasteiger partial charge < -0.3 is 19.4 Å². The van der Waals surface area contributed by atoms with Crippen molar-refractivity contribution in [3.63, 3.8) is 0 Å². The molecule has 1 amide bonds. The van der Waals surface area contributed by atoms with Gasteiger partial charge in [0, 0.05) is 33.0 Å². The van der Waals surface area contributed by atoms with Crippen molar-refractivity contribution in [3.8, 4) is 17.1 Å². The van der Waals surface area contributed by atoms with Crippen LogP contribution in [0.5, 0.6) is 5.75 Å². The Hall–Kier alpha value is -3.29. The van der Waals surface area contributed by atoms with Crippen LogP contribution in [-0.4, -0.2) is 88.1 Å². The lowest BCUT2D eigenvalue weighted by molar-refractivity contribution is -0.130. The number of H-pyrrole nitrogens is 1. The van der Waals surface area contributed by atoms with E-state index in [9.17, 15) is 18.0 Å². The smallest absolute Gasteiger partial charge is 0.277 e. The maximum atomic E-state index is 13.9. The van der Waals surface area contributed by atoms with Gasteiger partial charge in [-0.2, -0.15) is 4.31 Å². The van der Waals surface area contributed by atoms with Gasteiger partial charge in [-0.25, -0.2) is 17.9 Å². The molecule has 13 heteroatoms. The van der Waals surface area contributed by atoms with Crippen molar-refractivity contribution in [3.05, 3.63) is 40.1 Å². The Kier molecular flexibility index (Phi) is 7.25. The average molecular weight is 559 g/mol. The predicted octanol–water partition coefficient (Wildman–Crippen LogP) is 1.76. The summed E-state index contributed by atoms with van der Waals surface area (Å²) in [6, 6.07) is 4.58. The second-order valence-corrected chi connectivity index (χ2v) is 12.0. The van der Waals surface area contributed by atoms with Crippen molar-refractivity contribution in [1.29, 1.82) is 0 Å². The van der Waals surface area contributed by atoms with Gasteiger partial charge in [0.1, 0.15) is 17.2 Å². The lowest BCUT2D eigenvalue weighted by Crippen LogP contribution is -2.55. The molecule has 5 rings (SSSR count).